The van der Waals surface area contributed by atoms with Crippen molar-refractivity contribution in [3.8, 4) is 5.69 Å². The number of benzene rings is 2. The van der Waals surface area contributed by atoms with E-state index in [-0.39, 0.29) is 15.5 Å². The van der Waals surface area contributed by atoms with E-state index in [0.717, 1.165) is 24.9 Å². The number of aromatic nitrogens is 4. The molecule has 1 fully saturated rings. The number of halogens is 1. The van der Waals surface area contributed by atoms with E-state index in [9.17, 15) is 13.2 Å². The normalized spacial score (nSPS) is 15.1. The van der Waals surface area contributed by atoms with Crippen molar-refractivity contribution in [1.82, 2.24) is 24.5 Å². The molecule has 0 radical (unpaired) electrons. The topological polar surface area (TPSA) is 110 Å². The molecule has 11 heteroatoms. The minimum atomic E-state index is -3.67. The maximum atomic E-state index is 12.9. The lowest BCUT2D eigenvalue weighted by Crippen LogP contribution is -2.35. The number of nitrogens with one attached hydrogen (secondary N) is 1. The Morgan fingerprint density at radius 1 is 1.03 bits per heavy atom. The molecule has 3 aromatic rings. The van der Waals surface area contributed by atoms with Crippen LogP contribution in [0.1, 0.15) is 29.6 Å². The van der Waals surface area contributed by atoms with Crippen molar-refractivity contribution < 1.29 is 13.2 Å². The molecule has 0 spiro atoms. The first-order chi connectivity index (χ1) is 14.4. The Morgan fingerprint density at radius 3 is 2.43 bits per heavy atom. The molecule has 1 N–H and O–H groups in total. The van der Waals surface area contributed by atoms with Gasteiger partial charge in [0.1, 0.15) is 6.33 Å². The molecule has 4 rings (SSSR count). The maximum absolute atomic E-state index is 12.9. The van der Waals surface area contributed by atoms with Crippen molar-refractivity contribution in [1.29, 1.82) is 0 Å². The van der Waals surface area contributed by atoms with E-state index in [1.807, 2.05) is 0 Å². The van der Waals surface area contributed by atoms with Crippen LogP contribution in [0.5, 0.6) is 0 Å². The lowest BCUT2D eigenvalue weighted by Gasteiger charge is -2.26. The molecule has 0 unspecified atom stereocenters. The van der Waals surface area contributed by atoms with E-state index in [4.69, 9.17) is 11.6 Å². The third-order valence-electron chi connectivity index (χ3n) is 4.87. The zero-order chi connectivity index (χ0) is 21.1. The van der Waals surface area contributed by atoms with Crippen LogP contribution in [0.4, 0.5) is 5.69 Å². The Hall–Kier alpha value is -2.82. The Morgan fingerprint density at radius 2 is 1.77 bits per heavy atom. The Balaban J connectivity index is 1.54. The van der Waals surface area contributed by atoms with E-state index < -0.39 is 15.9 Å². The number of piperidine rings is 1. The van der Waals surface area contributed by atoms with Gasteiger partial charge in [0.15, 0.2) is 0 Å². The average Bonchev–Trinajstić information content (AvgIpc) is 3.30. The van der Waals surface area contributed by atoms with Crippen LogP contribution in [0.25, 0.3) is 5.69 Å². The van der Waals surface area contributed by atoms with Gasteiger partial charge >= 0.3 is 0 Å². The maximum Gasteiger partial charge on any atom is 0.257 e. The zero-order valence-electron chi connectivity index (χ0n) is 15.9. The molecular weight excluding hydrogens is 428 g/mol. The lowest BCUT2D eigenvalue weighted by atomic mass is 10.2. The fourth-order valence-corrected chi connectivity index (χ4v) is 5.02. The summed E-state index contributed by atoms with van der Waals surface area (Å²) in [5, 5.41) is 13.9. The number of hydrogen-bond acceptors (Lipinski definition) is 6. The van der Waals surface area contributed by atoms with E-state index >= 15 is 0 Å². The summed E-state index contributed by atoms with van der Waals surface area (Å²) >= 11 is 6.19. The molecule has 30 heavy (non-hydrogen) atoms. The number of sulfonamides is 1. The van der Waals surface area contributed by atoms with Gasteiger partial charge in [-0.2, -0.15) is 4.31 Å². The molecule has 0 saturated carbocycles. The molecule has 0 atom stereocenters. The molecule has 9 nitrogen and oxygen atoms in total. The number of carbonyl (C=O) groups is 1. The SMILES string of the molecule is O=C(Nc1ccc(-n2cnnn2)cc1)c1cc(S(=O)(=O)N2CCCCC2)ccc1Cl. The number of nitrogens with zero attached hydrogens (tertiary/aromatic N) is 5. The quantitative estimate of drug-likeness (QED) is 0.645. The van der Waals surface area contributed by atoms with Gasteiger partial charge in [-0.1, -0.05) is 18.0 Å². The highest BCUT2D eigenvalue weighted by molar-refractivity contribution is 7.89. The molecule has 1 saturated heterocycles. The van der Waals surface area contributed by atoms with Gasteiger partial charge in [-0.3, -0.25) is 4.79 Å². The molecule has 1 amide bonds. The molecule has 1 aliphatic heterocycles. The standard InChI is InChI=1S/C19H19ClN6O3S/c20-18-9-8-16(30(28,29)25-10-2-1-3-11-25)12-17(18)19(27)22-14-4-6-15(7-5-14)26-13-21-23-24-26/h4-9,12-13H,1-3,10-11H2,(H,22,27). The second kappa shape index (κ2) is 8.50. The van der Waals surface area contributed by atoms with Crippen LogP contribution in [-0.4, -0.2) is 51.9 Å². The largest absolute Gasteiger partial charge is 0.322 e. The summed E-state index contributed by atoms with van der Waals surface area (Å²) in [6, 6.07) is 11.1. The van der Waals surface area contributed by atoms with E-state index in [2.05, 4.69) is 20.8 Å². The third-order valence-corrected chi connectivity index (χ3v) is 7.10. The first-order valence-corrected chi connectivity index (χ1v) is 11.2. The lowest BCUT2D eigenvalue weighted by molar-refractivity contribution is 0.102. The Kier molecular flexibility index (Phi) is 5.80. The fraction of sp³-hybridized carbons (Fsp3) is 0.263. The highest BCUT2D eigenvalue weighted by Crippen LogP contribution is 2.26. The summed E-state index contributed by atoms with van der Waals surface area (Å²) in [6.45, 7) is 0.972. The van der Waals surface area contributed by atoms with Crippen LogP contribution in [0, 0.1) is 0 Å². The predicted molar refractivity (Wildman–Crippen MR) is 111 cm³/mol. The van der Waals surface area contributed by atoms with Gasteiger partial charge in [0.05, 0.1) is 21.2 Å². The molecule has 0 aliphatic carbocycles. The molecule has 156 valence electrons. The smallest absolute Gasteiger partial charge is 0.257 e. The predicted octanol–water partition coefficient (Wildman–Crippen LogP) is 2.74. The molecule has 1 aliphatic rings. The number of carbonyl (C=O) groups excluding carboxylic acids is 1. The summed E-state index contributed by atoms with van der Waals surface area (Å²) in [7, 11) is -3.67. The first-order valence-electron chi connectivity index (χ1n) is 9.39. The van der Waals surface area contributed by atoms with Gasteiger partial charge in [0.25, 0.3) is 5.91 Å². The van der Waals surface area contributed by atoms with Crippen molar-refractivity contribution in [2.75, 3.05) is 18.4 Å². The molecule has 0 bridgehead atoms. The van der Waals surface area contributed by atoms with Crippen LogP contribution in [0.15, 0.2) is 53.7 Å². The second-order valence-electron chi connectivity index (χ2n) is 6.86. The van der Waals surface area contributed by atoms with Gasteiger partial charge in [-0.15, -0.1) is 5.10 Å². The monoisotopic (exact) mass is 446 g/mol. The summed E-state index contributed by atoms with van der Waals surface area (Å²) in [6.07, 6.45) is 4.15. The minimum Gasteiger partial charge on any atom is -0.322 e. The van der Waals surface area contributed by atoms with Crippen LogP contribution in [0.3, 0.4) is 0 Å². The molecule has 2 heterocycles. The number of tetrazole rings is 1. The van der Waals surface area contributed by atoms with Crippen molar-refractivity contribution in [2.45, 2.75) is 24.2 Å². The van der Waals surface area contributed by atoms with Gasteiger partial charge in [-0.05, 0) is 65.7 Å². The van der Waals surface area contributed by atoms with E-state index in [0.29, 0.717) is 18.8 Å². The number of amides is 1. The minimum absolute atomic E-state index is 0.0629. The average molecular weight is 447 g/mol. The molecule has 1 aromatic heterocycles. The highest BCUT2D eigenvalue weighted by Gasteiger charge is 2.27. The third kappa shape index (κ3) is 4.20. The molecular formula is C19H19ClN6O3S. The summed E-state index contributed by atoms with van der Waals surface area (Å²) in [5.74, 6) is -0.495. The number of rotatable bonds is 5. The van der Waals surface area contributed by atoms with Crippen LogP contribution < -0.4 is 5.32 Å². The molecule has 2 aromatic carbocycles. The van der Waals surface area contributed by atoms with Crippen LogP contribution in [0.2, 0.25) is 5.02 Å². The highest BCUT2D eigenvalue weighted by atomic mass is 35.5. The Bertz CT molecular complexity index is 1140. The number of hydrogen-bond donors (Lipinski definition) is 1. The van der Waals surface area contributed by atoms with Crippen molar-refractivity contribution >= 4 is 33.2 Å². The van der Waals surface area contributed by atoms with Gasteiger partial charge in [-0.25, -0.2) is 13.1 Å². The van der Waals surface area contributed by atoms with Crippen molar-refractivity contribution in [2.24, 2.45) is 0 Å². The van der Waals surface area contributed by atoms with Crippen molar-refractivity contribution in [3.63, 3.8) is 0 Å². The van der Waals surface area contributed by atoms with E-state index in [1.165, 1.54) is 33.5 Å². The summed E-state index contributed by atoms with van der Waals surface area (Å²) < 4.78 is 28.8. The van der Waals surface area contributed by atoms with Crippen molar-refractivity contribution in [3.05, 3.63) is 59.4 Å². The van der Waals surface area contributed by atoms with Gasteiger partial charge in [0, 0.05) is 18.8 Å². The summed E-state index contributed by atoms with van der Waals surface area (Å²) in [5.41, 5.74) is 1.35. The Labute approximate surface area is 178 Å². The first kappa shape index (κ1) is 20.5. The fourth-order valence-electron chi connectivity index (χ4n) is 3.27. The van der Waals surface area contributed by atoms with E-state index in [1.54, 1.807) is 24.3 Å². The zero-order valence-corrected chi connectivity index (χ0v) is 17.5. The van der Waals surface area contributed by atoms with Crippen LogP contribution >= 0.6 is 11.6 Å². The number of anilines is 1. The second-order valence-corrected chi connectivity index (χ2v) is 9.21. The van der Waals surface area contributed by atoms with Gasteiger partial charge < -0.3 is 5.32 Å². The van der Waals surface area contributed by atoms with Crippen LogP contribution in [-0.2, 0) is 10.0 Å². The summed E-state index contributed by atoms with van der Waals surface area (Å²) in [4.78, 5) is 12.8. The van der Waals surface area contributed by atoms with Gasteiger partial charge in [0.2, 0.25) is 10.0 Å².